The minimum Gasteiger partial charge on any atom is -0.456 e. The lowest BCUT2D eigenvalue weighted by molar-refractivity contribution is 0.662. The predicted molar refractivity (Wildman–Crippen MR) is 87.7 cm³/mol. The molecule has 0 unspecified atom stereocenters. The molecule has 2 aromatic carbocycles. The molecule has 4 rings (SSSR count). The van der Waals surface area contributed by atoms with E-state index in [9.17, 15) is 0 Å². The van der Waals surface area contributed by atoms with Gasteiger partial charge in [-0.2, -0.15) is 11.8 Å². The van der Waals surface area contributed by atoms with Gasteiger partial charge in [-0.3, -0.25) is 0 Å². The molecule has 0 atom stereocenters. The summed E-state index contributed by atoms with van der Waals surface area (Å²) in [5, 5.41) is 6.04. The third-order valence-corrected chi connectivity index (χ3v) is 5.02. The monoisotopic (exact) mass is 283 g/mol. The minimum absolute atomic E-state index is 0.609. The second-order valence-electron chi connectivity index (χ2n) is 5.34. The molecule has 2 heterocycles. The Balaban J connectivity index is 1.69. The van der Waals surface area contributed by atoms with Crippen molar-refractivity contribution in [3.05, 3.63) is 42.5 Å². The van der Waals surface area contributed by atoms with E-state index in [-0.39, 0.29) is 0 Å². The minimum atomic E-state index is 0.609. The lowest BCUT2D eigenvalue weighted by atomic mass is 10.1. The summed E-state index contributed by atoms with van der Waals surface area (Å²) in [6, 6.07) is 15.3. The molecule has 0 amide bonds. The number of nitrogens with one attached hydrogen (secondary N) is 1. The number of para-hydroxylation sites is 1. The lowest BCUT2D eigenvalue weighted by Crippen LogP contribution is -2.24. The molecule has 1 aliphatic rings. The Morgan fingerprint density at radius 3 is 2.65 bits per heavy atom. The van der Waals surface area contributed by atoms with Crippen molar-refractivity contribution in [1.82, 2.24) is 0 Å². The summed E-state index contributed by atoms with van der Waals surface area (Å²) in [7, 11) is 0. The quantitative estimate of drug-likeness (QED) is 0.724. The van der Waals surface area contributed by atoms with Gasteiger partial charge < -0.3 is 9.73 Å². The highest BCUT2D eigenvalue weighted by molar-refractivity contribution is 7.99. The summed E-state index contributed by atoms with van der Waals surface area (Å²) in [5.74, 6) is 2.54. The number of thioether (sulfide) groups is 1. The molecule has 0 spiro atoms. The molecule has 0 bridgehead atoms. The fourth-order valence-electron chi connectivity index (χ4n) is 2.89. The van der Waals surface area contributed by atoms with E-state index in [1.807, 2.05) is 12.1 Å². The molecule has 1 aromatic heterocycles. The summed E-state index contributed by atoms with van der Waals surface area (Å²) >= 11 is 2.06. The zero-order valence-corrected chi connectivity index (χ0v) is 12.1. The average Bonchev–Trinajstić information content (AvgIpc) is 2.86. The molecular formula is C17H17NOS. The molecule has 1 saturated heterocycles. The van der Waals surface area contributed by atoms with E-state index in [4.69, 9.17) is 4.42 Å². The summed E-state index contributed by atoms with van der Waals surface area (Å²) in [6.07, 6.45) is 2.51. The van der Waals surface area contributed by atoms with Crippen LogP contribution in [-0.2, 0) is 0 Å². The molecule has 2 nitrogen and oxygen atoms in total. The number of furan rings is 1. The van der Waals surface area contributed by atoms with Crippen molar-refractivity contribution in [3.8, 4) is 0 Å². The van der Waals surface area contributed by atoms with Crippen LogP contribution in [0.25, 0.3) is 21.9 Å². The topological polar surface area (TPSA) is 25.2 Å². The smallest absolute Gasteiger partial charge is 0.137 e. The van der Waals surface area contributed by atoms with Gasteiger partial charge in [-0.15, -0.1) is 0 Å². The molecule has 3 heteroatoms. The Kier molecular flexibility index (Phi) is 3.07. The van der Waals surface area contributed by atoms with Gasteiger partial charge in [0.2, 0.25) is 0 Å². The van der Waals surface area contributed by atoms with Crippen LogP contribution in [0.1, 0.15) is 12.8 Å². The van der Waals surface area contributed by atoms with Crippen molar-refractivity contribution in [2.75, 3.05) is 16.8 Å². The van der Waals surface area contributed by atoms with Crippen molar-refractivity contribution >= 4 is 39.4 Å². The zero-order valence-electron chi connectivity index (χ0n) is 11.3. The third-order valence-electron chi connectivity index (χ3n) is 3.97. The highest BCUT2D eigenvalue weighted by Crippen LogP contribution is 2.31. The highest BCUT2D eigenvalue weighted by Gasteiger charge is 2.14. The van der Waals surface area contributed by atoms with Gasteiger partial charge in [-0.1, -0.05) is 18.2 Å². The van der Waals surface area contributed by atoms with Crippen LogP contribution in [0.5, 0.6) is 0 Å². The van der Waals surface area contributed by atoms with E-state index in [1.54, 1.807) is 0 Å². The van der Waals surface area contributed by atoms with Crippen molar-refractivity contribution in [1.29, 1.82) is 0 Å². The van der Waals surface area contributed by atoms with Gasteiger partial charge in [0.25, 0.3) is 0 Å². The third kappa shape index (κ3) is 2.16. The van der Waals surface area contributed by atoms with Crippen LogP contribution in [0.3, 0.4) is 0 Å². The molecule has 20 heavy (non-hydrogen) atoms. The number of rotatable bonds is 2. The number of benzene rings is 2. The van der Waals surface area contributed by atoms with Crippen LogP contribution in [0.4, 0.5) is 5.69 Å². The fraction of sp³-hybridized carbons (Fsp3) is 0.294. The molecule has 102 valence electrons. The van der Waals surface area contributed by atoms with Crippen molar-refractivity contribution < 1.29 is 4.42 Å². The Bertz CT molecular complexity index is 743. The van der Waals surface area contributed by atoms with E-state index < -0.39 is 0 Å². The first-order valence-corrected chi connectivity index (χ1v) is 8.31. The second-order valence-corrected chi connectivity index (χ2v) is 6.56. The van der Waals surface area contributed by atoms with Gasteiger partial charge in [0.15, 0.2) is 0 Å². The first-order chi connectivity index (χ1) is 9.90. The summed E-state index contributed by atoms with van der Waals surface area (Å²) < 4.78 is 5.94. The summed E-state index contributed by atoms with van der Waals surface area (Å²) in [6.45, 7) is 0. The zero-order chi connectivity index (χ0) is 13.4. The van der Waals surface area contributed by atoms with E-state index in [1.165, 1.54) is 40.8 Å². The first kappa shape index (κ1) is 12.2. The van der Waals surface area contributed by atoms with Crippen LogP contribution in [0.2, 0.25) is 0 Å². The average molecular weight is 283 g/mol. The Labute approximate surface area is 122 Å². The summed E-state index contributed by atoms with van der Waals surface area (Å²) in [4.78, 5) is 0. The number of anilines is 1. The van der Waals surface area contributed by atoms with Crippen LogP contribution in [0, 0.1) is 0 Å². The normalized spacial score (nSPS) is 16.8. The highest BCUT2D eigenvalue weighted by atomic mass is 32.2. The van der Waals surface area contributed by atoms with Crippen LogP contribution >= 0.6 is 11.8 Å². The maximum absolute atomic E-state index is 5.94. The molecule has 1 aliphatic heterocycles. The van der Waals surface area contributed by atoms with Crippen LogP contribution < -0.4 is 5.32 Å². The van der Waals surface area contributed by atoms with E-state index in [2.05, 4.69) is 47.4 Å². The number of fused-ring (bicyclic) bond motifs is 3. The largest absolute Gasteiger partial charge is 0.456 e. The van der Waals surface area contributed by atoms with Gasteiger partial charge in [0.05, 0.1) is 0 Å². The van der Waals surface area contributed by atoms with Crippen molar-refractivity contribution in [2.45, 2.75) is 18.9 Å². The van der Waals surface area contributed by atoms with Gasteiger partial charge in [-0.25, -0.2) is 0 Å². The van der Waals surface area contributed by atoms with E-state index in [0.29, 0.717) is 6.04 Å². The fourth-order valence-corrected chi connectivity index (χ4v) is 4.00. The Morgan fingerprint density at radius 2 is 1.75 bits per heavy atom. The van der Waals surface area contributed by atoms with Crippen LogP contribution in [0.15, 0.2) is 46.9 Å². The van der Waals surface area contributed by atoms with Gasteiger partial charge in [0.1, 0.15) is 11.2 Å². The SMILES string of the molecule is c1ccc2c(c1)oc1cc(NC3CCSCC3)ccc12. The molecule has 0 radical (unpaired) electrons. The van der Waals surface area contributed by atoms with Crippen molar-refractivity contribution in [2.24, 2.45) is 0 Å². The molecule has 0 saturated carbocycles. The Hall–Kier alpha value is -1.61. The maximum atomic E-state index is 5.94. The van der Waals surface area contributed by atoms with E-state index >= 15 is 0 Å². The second kappa shape index (κ2) is 5.06. The predicted octanol–water partition coefficient (Wildman–Crippen LogP) is 4.89. The molecular weight excluding hydrogens is 266 g/mol. The maximum Gasteiger partial charge on any atom is 0.137 e. The Morgan fingerprint density at radius 1 is 0.950 bits per heavy atom. The van der Waals surface area contributed by atoms with Gasteiger partial charge >= 0.3 is 0 Å². The molecule has 1 fully saturated rings. The molecule has 0 aliphatic carbocycles. The van der Waals surface area contributed by atoms with Gasteiger partial charge in [0, 0.05) is 28.6 Å². The number of hydrogen-bond acceptors (Lipinski definition) is 3. The summed E-state index contributed by atoms with van der Waals surface area (Å²) in [5.41, 5.74) is 3.11. The van der Waals surface area contributed by atoms with Crippen molar-refractivity contribution in [3.63, 3.8) is 0 Å². The van der Waals surface area contributed by atoms with E-state index in [0.717, 1.165) is 11.2 Å². The van der Waals surface area contributed by atoms with Gasteiger partial charge in [-0.05, 0) is 42.5 Å². The molecule has 3 aromatic rings. The molecule has 1 N–H and O–H groups in total. The standard InChI is InChI=1S/C17H17NOS/c1-2-4-16-14(3-1)15-6-5-13(11-17(15)19-16)18-12-7-9-20-10-8-12/h1-6,11-12,18H,7-10H2. The lowest BCUT2D eigenvalue weighted by Gasteiger charge is -2.23. The first-order valence-electron chi connectivity index (χ1n) is 7.16. The van der Waals surface area contributed by atoms with Crippen LogP contribution in [-0.4, -0.2) is 17.5 Å². The number of hydrogen-bond donors (Lipinski definition) is 1.